The fourth-order valence-corrected chi connectivity index (χ4v) is 2.88. The predicted octanol–water partition coefficient (Wildman–Crippen LogP) is 4.82. The molecule has 3 nitrogen and oxygen atoms in total. The maximum Gasteiger partial charge on any atom is 0.252 e. The van der Waals surface area contributed by atoms with E-state index in [1.807, 2.05) is 60.7 Å². The van der Waals surface area contributed by atoms with Crippen molar-refractivity contribution < 1.29 is 4.79 Å². The molecule has 0 saturated heterocycles. The van der Waals surface area contributed by atoms with E-state index >= 15 is 0 Å². The molecule has 3 aromatic rings. The van der Waals surface area contributed by atoms with Gasteiger partial charge >= 0.3 is 0 Å². The maximum absolute atomic E-state index is 12.8. The van der Waals surface area contributed by atoms with E-state index in [9.17, 15) is 4.79 Å². The molecule has 0 fully saturated rings. The number of hydrogen-bond donors (Lipinski definition) is 1. The minimum absolute atomic E-state index is 0.0283. The molecule has 0 unspecified atom stereocenters. The smallest absolute Gasteiger partial charge is 0.252 e. The number of aromatic nitrogens is 1. The molecule has 0 saturated carbocycles. The Hall–Kier alpha value is -2.68. The van der Waals surface area contributed by atoms with E-state index in [4.69, 9.17) is 4.98 Å². The van der Waals surface area contributed by atoms with Crippen LogP contribution in [-0.2, 0) is 0 Å². The SMILES string of the molecule is CCC(CC)NC(=O)c1cc(-c2ccccc2)nc2ccccc12. The Bertz CT molecular complexity index is 839. The summed E-state index contributed by atoms with van der Waals surface area (Å²) in [6, 6.07) is 19.9. The molecule has 122 valence electrons. The van der Waals surface area contributed by atoms with Gasteiger partial charge in [-0.1, -0.05) is 62.4 Å². The van der Waals surface area contributed by atoms with Crippen molar-refractivity contribution in [2.45, 2.75) is 32.7 Å². The van der Waals surface area contributed by atoms with E-state index in [2.05, 4.69) is 19.2 Å². The van der Waals surface area contributed by atoms with Gasteiger partial charge in [-0.2, -0.15) is 0 Å². The summed E-state index contributed by atoms with van der Waals surface area (Å²) in [6.07, 6.45) is 1.85. The first-order valence-corrected chi connectivity index (χ1v) is 8.49. The fourth-order valence-electron chi connectivity index (χ4n) is 2.88. The van der Waals surface area contributed by atoms with Gasteiger partial charge in [0.1, 0.15) is 0 Å². The maximum atomic E-state index is 12.8. The lowest BCUT2D eigenvalue weighted by molar-refractivity contribution is 0.0936. The quantitative estimate of drug-likeness (QED) is 0.733. The average Bonchev–Trinajstić information content (AvgIpc) is 2.65. The van der Waals surface area contributed by atoms with Crippen molar-refractivity contribution in [2.75, 3.05) is 0 Å². The molecular weight excluding hydrogens is 296 g/mol. The first-order valence-electron chi connectivity index (χ1n) is 8.49. The van der Waals surface area contributed by atoms with Crippen LogP contribution >= 0.6 is 0 Å². The van der Waals surface area contributed by atoms with Gasteiger partial charge < -0.3 is 5.32 Å². The second-order valence-corrected chi connectivity index (χ2v) is 5.93. The van der Waals surface area contributed by atoms with Gasteiger partial charge in [-0.25, -0.2) is 4.98 Å². The number of nitrogens with one attached hydrogen (secondary N) is 1. The van der Waals surface area contributed by atoms with Crippen LogP contribution in [0.5, 0.6) is 0 Å². The summed E-state index contributed by atoms with van der Waals surface area (Å²) in [5.41, 5.74) is 3.36. The van der Waals surface area contributed by atoms with Crippen molar-refractivity contribution >= 4 is 16.8 Å². The van der Waals surface area contributed by atoms with Crippen molar-refractivity contribution in [3.05, 3.63) is 66.2 Å². The molecule has 0 aliphatic heterocycles. The monoisotopic (exact) mass is 318 g/mol. The number of rotatable bonds is 5. The van der Waals surface area contributed by atoms with Crippen molar-refractivity contribution in [2.24, 2.45) is 0 Å². The normalized spacial score (nSPS) is 11.0. The van der Waals surface area contributed by atoms with Gasteiger partial charge in [0.25, 0.3) is 5.91 Å². The minimum atomic E-state index is -0.0283. The molecule has 0 aliphatic rings. The number of para-hydroxylation sites is 1. The molecule has 0 radical (unpaired) electrons. The molecular formula is C21H22N2O. The molecule has 1 N–H and O–H groups in total. The van der Waals surface area contributed by atoms with Crippen LogP contribution in [0.15, 0.2) is 60.7 Å². The predicted molar refractivity (Wildman–Crippen MR) is 99.0 cm³/mol. The molecule has 0 aliphatic carbocycles. The highest BCUT2D eigenvalue weighted by atomic mass is 16.1. The van der Waals surface area contributed by atoms with Crippen LogP contribution in [0.4, 0.5) is 0 Å². The molecule has 0 atom stereocenters. The summed E-state index contributed by atoms with van der Waals surface area (Å²) < 4.78 is 0. The van der Waals surface area contributed by atoms with Gasteiger partial charge in [0.05, 0.1) is 16.8 Å². The van der Waals surface area contributed by atoms with Crippen LogP contribution in [0.25, 0.3) is 22.2 Å². The number of benzene rings is 2. The summed E-state index contributed by atoms with van der Waals surface area (Å²) in [7, 11) is 0. The zero-order valence-corrected chi connectivity index (χ0v) is 14.1. The fraction of sp³-hybridized carbons (Fsp3) is 0.238. The third kappa shape index (κ3) is 3.30. The Labute approximate surface area is 142 Å². The first-order chi connectivity index (χ1) is 11.7. The molecule has 0 spiro atoms. The number of carbonyl (C=O) groups excluding carboxylic acids is 1. The van der Waals surface area contributed by atoms with Crippen molar-refractivity contribution in [1.82, 2.24) is 10.3 Å². The highest BCUT2D eigenvalue weighted by Crippen LogP contribution is 2.25. The zero-order valence-electron chi connectivity index (χ0n) is 14.1. The standard InChI is InChI=1S/C21H22N2O/c1-3-16(4-2)22-21(24)18-14-20(15-10-6-5-7-11-15)23-19-13-9-8-12-17(18)19/h5-14,16H,3-4H2,1-2H3,(H,22,24). The van der Waals surface area contributed by atoms with Crippen LogP contribution in [-0.4, -0.2) is 16.9 Å². The van der Waals surface area contributed by atoms with Crippen molar-refractivity contribution in [1.29, 1.82) is 0 Å². The van der Waals surface area contributed by atoms with E-state index in [0.29, 0.717) is 5.56 Å². The first kappa shape index (κ1) is 16.2. The van der Waals surface area contributed by atoms with Gasteiger partial charge in [-0.15, -0.1) is 0 Å². The molecule has 24 heavy (non-hydrogen) atoms. The summed E-state index contributed by atoms with van der Waals surface area (Å²) in [5, 5.41) is 4.03. The number of fused-ring (bicyclic) bond motifs is 1. The molecule has 0 bridgehead atoms. The van der Waals surface area contributed by atoms with E-state index in [1.165, 1.54) is 0 Å². The number of carbonyl (C=O) groups is 1. The average molecular weight is 318 g/mol. The number of hydrogen-bond acceptors (Lipinski definition) is 2. The van der Waals surface area contributed by atoms with E-state index in [-0.39, 0.29) is 11.9 Å². The Balaban J connectivity index is 2.10. The second kappa shape index (κ2) is 7.26. The topological polar surface area (TPSA) is 42.0 Å². The molecule has 1 aromatic heterocycles. The molecule has 1 amide bonds. The summed E-state index contributed by atoms with van der Waals surface area (Å²) >= 11 is 0. The Kier molecular flexibility index (Phi) is 4.90. The highest BCUT2D eigenvalue weighted by Gasteiger charge is 2.16. The lowest BCUT2D eigenvalue weighted by Gasteiger charge is -2.16. The third-order valence-corrected chi connectivity index (χ3v) is 4.35. The molecule has 2 aromatic carbocycles. The lowest BCUT2D eigenvalue weighted by Crippen LogP contribution is -2.34. The zero-order chi connectivity index (χ0) is 16.9. The Morgan fingerprint density at radius 1 is 1.00 bits per heavy atom. The van der Waals surface area contributed by atoms with Crippen LogP contribution in [0, 0.1) is 0 Å². The van der Waals surface area contributed by atoms with Crippen LogP contribution in [0.3, 0.4) is 0 Å². The van der Waals surface area contributed by atoms with Crippen LogP contribution < -0.4 is 5.32 Å². The second-order valence-electron chi connectivity index (χ2n) is 5.93. The van der Waals surface area contributed by atoms with Gasteiger partial charge in [0, 0.05) is 17.0 Å². The van der Waals surface area contributed by atoms with Gasteiger partial charge in [-0.05, 0) is 25.0 Å². The van der Waals surface area contributed by atoms with Crippen LogP contribution in [0.1, 0.15) is 37.0 Å². The largest absolute Gasteiger partial charge is 0.349 e. The molecule has 1 heterocycles. The van der Waals surface area contributed by atoms with Crippen molar-refractivity contribution in [3.63, 3.8) is 0 Å². The van der Waals surface area contributed by atoms with Crippen molar-refractivity contribution in [3.8, 4) is 11.3 Å². The molecule has 3 heteroatoms. The van der Waals surface area contributed by atoms with E-state index < -0.39 is 0 Å². The Morgan fingerprint density at radius 2 is 1.67 bits per heavy atom. The third-order valence-electron chi connectivity index (χ3n) is 4.35. The van der Waals surface area contributed by atoms with Gasteiger partial charge in [-0.3, -0.25) is 4.79 Å². The van der Waals surface area contributed by atoms with E-state index in [0.717, 1.165) is 35.0 Å². The number of nitrogens with zero attached hydrogens (tertiary/aromatic N) is 1. The molecule has 3 rings (SSSR count). The van der Waals surface area contributed by atoms with Crippen LogP contribution in [0.2, 0.25) is 0 Å². The van der Waals surface area contributed by atoms with Gasteiger partial charge in [0.2, 0.25) is 0 Å². The minimum Gasteiger partial charge on any atom is -0.349 e. The summed E-state index contributed by atoms with van der Waals surface area (Å²) in [4.78, 5) is 17.6. The van der Waals surface area contributed by atoms with E-state index in [1.54, 1.807) is 0 Å². The Morgan fingerprint density at radius 3 is 2.38 bits per heavy atom. The summed E-state index contributed by atoms with van der Waals surface area (Å²) in [6.45, 7) is 4.18. The lowest BCUT2D eigenvalue weighted by atomic mass is 10.0. The van der Waals surface area contributed by atoms with Gasteiger partial charge in [0.15, 0.2) is 0 Å². The highest BCUT2D eigenvalue weighted by molar-refractivity contribution is 6.07. The number of pyridine rings is 1. The number of amides is 1. The summed E-state index contributed by atoms with van der Waals surface area (Å²) in [5.74, 6) is -0.0283.